The fraction of sp³-hybridized carbons (Fsp3) is 0.333. The highest BCUT2D eigenvalue weighted by molar-refractivity contribution is 5.43. The van der Waals surface area contributed by atoms with Crippen LogP contribution in [0.25, 0.3) is 5.82 Å². The molecule has 1 saturated heterocycles. The Morgan fingerprint density at radius 2 is 1.88 bits per heavy atom. The van der Waals surface area contributed by atoms with Gasteiger partial charge in [-0.2, -0.15) is 5.10 Å². The van der Waals surface area contributed by atoms with E-state index in [0.29, 0.717) is 0 Å². The van der Waals surface area contributed by atoms with Crippen molar-refractivity contribution in [2.24, 2.45) is 0 Å². The largest absolute Gasteiger partial charge is 0.356 e. The molecule has 3 rings (SSSR count). The van der Waals surface area contributed by atoms with Crippen molar-refractivity contribution in [3.8, 4) is 5.82 Å². The standard InChI is InChI=1S/C12H14N5/c1-2-6-16(7-3-1)11-9-12(14-10-13-11)17-8-4-5-15-17/h1,4-5,8-10H,2-3,6-7H2. The molecule has 17 heavy (non-hydrogen) atoms. The fourth-order valence-electron chi connectivity index (χ4n) is 2.02. The molecule has 1 aliphatic heterocycles. The lowest BCUT2D eigenvalue weighted by Crippen LogP contribution is -2.30. The zero-order valence-electron chi connectivity index (χ0n) is 9.53. The van der Waals surface area contributed by atoms with Crippen LogP contribution in [0, 0.1) is 6.42 Å². The van der Waals surface area contributed by atoms with Crippen LogP contribution in [0.4, 0.5) is 5.82 Å². The first-order chi connectivity index (χ1) is 8.43. The van der Waals surface area contributed by atoms with Crippen molar-refractivity contribution >= 4 is 5.82 Å². The molecule has 1 fully saturated rings. The van der Waals surface area contributed by atoms with Crippen LogP contribution < -0.4 is 4.90 Å². The molecule has 1 aliphatic rings. The second kappa shape index (κ2) is 4.53. The van der Waals surface area contributed by atoms with E-state index in [1.54, 1.807) is 17.2 Å². The van der Waals surface area contributed by atoms with Crippen LogP contribution in [-0.2, 0) is 0 Å². The van der Waals surface area contributed by atoms with Crippen LogP contribution in [0.15, 0.2) is 30.9 Å². The molecule has 0 aliphatic carbocycles. The second-order valence-corrected chi connectivity index (χ2v) is 4.04. The lowest BCUT2D eigenvalue weighted by Gasteiger charge is -2.27. The van der Waals surface area contributed by atoms with Gasteiger partial charge in [-0.05, 0) is 25.3 Å². The Labute approximate surface area is 100 Å². The maximum atomic E-state index is 4.33. The molecule has 5 heteroatoms. The summed E-state index contributed by atoms with van der Waals surface area (Å²) in [4.78, 5) is 10.9. The van der Waals surface area contributed by atoms with E-state index in [9.17, 15) is 0 Å². The Morgan fingerprint density at radius 1 is 1.06 bits per heavy atom. The van der Waals surface area contributed by atoms with E-state index in [1.165, 1.54) is 0 Å². The van der Waals surface area contributed by atoms with Crippen LogP contribution in [0.2, 0.25) is 0 Å². The molecular formula is C12H14N5. The van der Waals surface area contributed by atoms with Crippen molar-refractivity contribution in [2.75, 3.05) is 18.0 Å². The summed E-state index contributed by atoms with van der Waals surface area (Å²) < 4.78 is 1.75. The summed E-state index contributed by atoms with van der Waals surface area (Å²) in [5, 5.41) is 4.17. The average molecular weight is 228 g/mol. The minimum absolute atomic E-state index is 0.814. The predicted octanol–water partition coefficient (Wildman–Crippen LogP) is 1.47. The topological polar surface area (TPSA) is 46.8 Å². The molecule has 2 aromatic rings. The minimum atomic E-state index is 0.814. The van der Waals surface area contributed by atoms with Gasteiger partial charge in [0, 0.05) is 31.5 Å². The lowest BCUT2D eigenvalue weighted by molar-refractivity contribution is 0.669. The van der Waals surface area contributed by atoms with Crippen LogP contribution in [0.1, 0.15) is 12.8 Å². The van der Waals surface area contributed by atoms with Crippen molar-refractivity contribution in [3.05, 3.63) is 37.3 Å². The third kappa shape index (κ3) is 2.13. The van der Waals surface area contributed by atoms with Gasteiger partial charge in [0.2, 0.25) is 0 Å². The lowest BCUT2D eigenvalue weighted by atomic mass is 10.1. The molecule has 0 unspecified atom stereocenters. The molecule has 3 heterocycles. The number of hydrogen-bond acceptors (Lipinski definition) is 4. The summed E-state index contributed by atoms with van der Waals surface area (Å²) in [5.74, 6) is 1.80. The van der Waals surface area contributed by atoms with Gasteiger partial charge in [0.05, 0.1) is 0 Å². The SMILES string of the molecule is [CH]1CCN(c2cc(-n3cccn3)ncn2)CC1. The van der Waals surface area contributed by atoms with Crippen molar-refractivity contribution in [2.45, 2.75) is 12.8 Å². The van der Waals surface area contributed by atoms with Gasteiger partial charge in [-0.25, -0.2) is 14.6 Å². The molecule has 0 amide bonds. The van der Waals surface area contributed by atoms with E-state index in [2.05, 4.69) is 26.4 Å². The Kier molecular flexibility index (Phi) is 2.73. The Morgan fingerprint density at radius 3 is 2.65 bits per heavy atom. The Balaban J connectivity index is 1.88. The van der Waals surface area contributed by atoms with Crippen molar-refractivity contribution in [3.63, 3.8) is 0 Å². The van der Waals surface area contributed by atoms with Gasteiger partial charge in [-0.15, -0.1) is 0 Å². The zero-order chi connectivity index (χ0) is 11.5. The number of anilines is 1. The molecular weight excluding hydrogens is 214 g/mol. The molecule has 1 radical (unpaired) electrons. The maximum absolute atomic E-state index is 4.33. The normalized spacial score (nSPS) is 16.1. The molecule has 0 N–H and O–H groups in total. The summed E-state index contributed by atoms with van der Waals surface area (Å²) in [6.07, 6.45) is 9.81. The number of nitrogens with zero attached hydrogens (tertiary/aromatic N) is 5. The number of rotatable bonds is 2. The first-order valence-corrected chi connectivity index (χ1v) is 5.82. The summed E-state index contributed by atoms with van der Waals surface area (Å²) >= 11 is 0. The van der Waals surface area contributed by atoms with Gasteiger partial charge >= 0.3 is 0 Å². The van der Waals surface area contributed by atoms with E-state index in [4.69, 9.17) is 0 Å². The van der Waals surface area contributed by atoms with Gasteiger partial charge in [0.15, 0.2) is 5.82 Å². The quantitative estimate of drug-likeness (QED) is 0.781. The molecule has 0 aromatic carbocycles. The van der Waals surface area contributed by atoms with Crippen molar-refractivity contribution < 1.29 is 0 Å². The van der Waals surface area contributed by atoms with Crippen LogP contribution >= 0.6 is 0 Å². The summed E-state index contributed by atoms with van der Waals surface area (Å²) in [6, 6.07) is 3.87. The zero-order valence-corrected chi connectivity index (χ0v) is 9.53. The van der Waals surface area contributed by atoms with E-state index < -0.39 is 0 Å². The second-order valence-electron chi connectivity index (χ2n) is 4.04. The number of hydrogen-bond donors (Lipinski definition) is 0. The average Bonchev–Trinajstić information content (AvgIpc) is 2.94. The molecule has 0 bridgehead atoms. The number of aromatic nitrogens is 4. The fourth-order valence-corrected chi connectivity index (χ4v) is 2.02. The van der Waals surface area contributed by atoms with Gasteiger partial charge in [0.1, 0.15) is 12.1 Å². The first-order valence-electron chi connectivity index (χ1n) is 5.82. The van der Waals surface area contributed by atoms with Crippen LogP contribution in [-0.4, -0.2) is 32.8 Å². The Bertz CT molecular complexity index is 473. The molecule has 0 saturated carbocycles. The van der Waals surface area contributed by atoms with E-state index >= 15 is 0 Å². The molecule has 87 valence electrons. The van der Waals surface area contributed by atoms with Gasteiger partial charge in [0.25, 0.3) is 0 Å². The van der Waals surface area contributed by atoms with Gasteiger partial charge < -0.3 is 4.90 Å². The van der Waals surface area contributed by atoms with Crippen molar-refractivity contribution in [1.29, 1.82) is 0 Å². The first kappa shape index (κ1) is 10.3. The third-order valence-electron chi connectivity index (χ3n) is 2.91. The molecule has 0 atom stereocenters. The van der Waals surface area contributed by atoms with Gasteiger partial charge in [-0.3, -0.25) is 0 Å². The van der Waals surface area contributed by atoms with E-state index in [-0.39, 0.29) is 0 Å². The Hall–Kier alpha value is -1.91. The monoisotopic (exact) mass is 228 g/mol. The highest BCUT2D eigenvalue weighted by Crippen LogP contribution is 2.17. The van der Waals surface area contributed by atoms with Crippen LogP contribution in [0.5, 0.6) is 0 Å². The maximum Gasteiger partial charge on any atom is 0.158 e. The molecule has 2 aromatic heterocycles. The summed E-state index contributed by atoms with van der Waals surface area (Å²) in [6.45, 7) is 2.07. The molecule has 0 spiro atoms. The van der Waals surface area contributed by atoms with Gasteiger partial charge in [-0.1, -0.05) is 0 Å². The minimum Gasteiger partial charge on any atom is -0.356 e. The number of piperidine rings is 1. The van der Waals surface area contributed by atoms with Crippen molar-refractivity contribution in [1.82, 2.24) is 19.7 Å². The van der Waals surface area contributed by atoms with E-state index in [0.717, 1.165) is 37.6 Å². The predicted molar refractivity (Wildman–Crippen MR) is 64.9 cm³/mol. The summed E-state index contributed by atoms with van der Waals surface area (Å²) in [7, 11) is 0. The highest BCUT2D eigenvalue weighted by atomic mass is 15.3. The highest BCUT2D eigenvalue weighted by Gasteiger charge is 2.13. The smallest absolute Gasteiger partial charge is 0.158 e. The van der Waals surface area contributed by atoms with E-state index in [1.807, 2.05) is 18.3 Å². The van der Waals surface area contributed by atoms with Crippen LogP contribution in [0.3, 0.4) is 0 Å². The molecule has 5 nitrogen and oxygen atoms in total. The third-order valence-corrected chi connectivity index (χ3v) is 2.91. The summed E-state index contributed by atoms with van der Waals surface area (Å²) in [5.41, 5.74) is 0.